The van der Waals surface area contributed by atoms with Crippen molar-refractivity contribution in [3.8, 4) is 11.5 Å². The van der Waals surface area contributed by atoms with Crippen LogP contribution >= 0.6 is 0 Å². The molecule has 172 valence electrons. The topological polar surface area (TPSA) is 84.9 Å². The highest BCUT2D eigenvalue weighted by molar-refractivity contribution is 6.11. The lowest BCUT2D eigenvalue weighted by Crippen LogP contribution is -2.41. The van der Waals surface area contributed by atoms with Gasteiger partial charge in [-0.15, -0.1) is 0 Å². The molecular weight excluding hydrogens is 420 g/mol. The van der Waals surface area contributed by atoms with Crippen LogP contribution in [0, 0.1) is 0 Å². The summed E-state index contributed by atoms with van der Waals surface area (Å²) in [6, 6.07) is 12.2. The van der Waals surface area contributed by atoms with Crippen molar-refractivity contribution in [3.05, 3.63) is 59.2 Å². The molecule has 3 aliphatic rings. The summed E-state index contributed by atoms with van der Waals surface area (Å²) in [7, 11) is 0. The van der Waals surface area contributed by atoms with E-state index in [0.29, 0.717) is 41.8 Å². The maximum absolute atomic E-state index is 13.3. The van der Waals surface area contributed by atoms with Crippen molar-refractivity contribution in [2.75, 3.05) is 19.8 Å². The number of imide groups is 1. The number of nitrogens with one attached hydrogen (secondary N) is 1. The van der Waals surface area contributed by atoms with E-state index in [4.69, 9.17) is 9.47 Å². The maximum Gasteiger partial charge on any atom is 0.325 e. The van der Waals surface area contributed by atoms with Crippen molar-refractivity contribution >= 4 is 17.7 Å². The molecule has 1 atom stereocenters. The van der Waals surface area contributed by atoms with Crippen LogP contribution in [0.5, 0.6) is 11.5 Å². The zero-order chi connectivity index (χ0) is 23.0. The Kier molecular flexibility index (Phi) is 5.56. The average molecular weight is 449 g/mol. The smallest absolute Gasteiger partial charge is 0.325 e. The Morgan fingerprint density at radius 2 is 1.70 bits per heavy atom. The van der Waals surface area contributed by atoms with Crippen LogP contribution in [0.4, 0.5) is 4.79 Å². The zero-order valence-corrected chi connectivity index (χ0v) is 18.8. The van der Waals surface area contributed by atoms with Crippen molar-refractivity contribution in [2.24, 2.45) is 0 Å². The summed E-state index contributed by atoms with van der Waals surface area (Å²) >= 11 is 0. The number of ether oxygens (including phenoxy) is 2. The number of fused-ring (bicyclic) bond motifs is 1. The summed E-state index contributed by atoms with van der Waals surface area (Å²) in [5, 5.41) is 2.75. The van der Waals surface area contributed by atoms with Gasteiger partial charge >= 0.3 is 6.03 Å². The van der Waals surface area contributed by atoms with Crippen molar-refractivity contribution in [2.45, 2.75) is 50.5 Å². The lowest BCUT2D eigenvalue weighted by atomic mass is 9.84. The number of Topliss-reactive ketones (excluding diaryl/α,β-unsaturated/α-hetero) is 1. The quantitative estimate of drug-likeness (QED) is 0.549. The van der Waals surface area contributed by atoms with E-state index in [1.165, 1.54) is 37.7 Å². The standard InChI is InChI=1S/C26H28N2O5/c1-26(20-11-12-22-23(15-20)33-14-13-32-22)24(30)28(25(31)27-26)16-21(29)19-9-7-18(8-10-19)17-5-3-2-4-6-17/h7-12,15,17H,2-6,13-14,16H2,1H3,(H,27,31)/t26-/m0/s1. The number of benzene rings is 2. The fraction of sp³-hybridized carbons (Fsp3) is 0.423. The molecule has 5 rings (SSSR count). The highest BCUT2D eigenvalue weighted by Crippen LogP contribution is 2.37. The van der Waals surface area contributed by atoms with Gasteiger partial charge in [-0.25, -0.2) is 4.79 Å². The van der Waals surface area contributed by atoms with E-state index in [0.717, 1.165) is 4.90 Å². The molecule has 1 saturated carbocycles. The lowest BCUT2D eigenvalue weighted by molar-refractivity contribution is -0.130. The van der Waals surface area contributed by atoms with Gasteiger partial charge in [0.05, 0.1) is 6.54 Å². The van der Waals surface area contributed by atoms with Crippen LogP contribution in [0.3, 0.4) is 0 Å². The van der Waals surface area contributed by atoms with E-state index < -0.39 is 17.5 Å². The molecule has 0 radical (unpaired) electrons. The predicted octanol–water partition coefficient (Wildman–Crippen LogP) is 4.16. The molecule has 0 bridgehead atoms. The first-order valence-corrected chi connectivity index (χ1v) is 11.6. The highest BCUT2D eigenvalue weighted by atomic mass is 16.6. The highest BCUT2D eigenvalue weighted by Gasteiger charge is 2.49. The van der Waals surface area contributed by atoms with Gasteiger partial charge in [0.15, 0.2) is 17.3 Å². The second kappa shape index (κ2) is 8.54. The van der Waals surface area contributed by atoms with Crippen LogP contribution in [0.25, 0.3) is 0 Å². The summed E-state index contributed by atoms with van der Waals surface area (Å²) in [6.07, 6.45) is 6.17. The van der Waals surface area contributed by atoms with Crippen LogP contribution < -0.4 is 14.8 Å². The summed E-state index contributed by atoms with van der Waals surface area (Å²) in [6.45, 7) is 2.24. The van der Waals surface area contributed by atoms with E-state index in [2.05, 4.69) is 5.32 Å². The number of amides is 3. The van der Waals surface area contributed by atoms with E-state index in [1.807, 2.05) is 24.3 Å². The Morgan fingerprint density at radius 1 is 1.00 bits per heavy atom. The molecule has 7 nitrogen and oxygen atoms in total. The molecule has 2 aromatic carbocycles. The second-order valence-electron chi connectivity index (χ2n) is 9.19. The Bertz CT molecular complexity index is 1090. The summed E-state index contributed by atoms with van der Waals surface area (Å²) in [5.74, 6) is 0.973. The number of rotatable bonds is 5. The fourth-order valence-electron chi connectivity index (χ4n) is 5.00. The van der Waals surface area contributed by atoms with Gasteiger partial charge in [-0.05, 0) is 48.9 Å². The van der Waals surface area contributed by atoms with Gasteiger partial charge in [0.25, 0.3) is 5.91 Å². The third-order valence-electron chi connectivity index (χ3n) is 7.01. The predicted molar refractivity (Wildman–Crippen MR) is 122 cm³/mol. The minimum Gasteiger partial charge on any atom is -0.486 e. The van der Waals surface area contributed by atoms with E-state index in [1.54, 1.807) is 25.1 Å². The van der Waals surface area contributed by atoms with Crippen molar-refractivity contribution < 1.29 is 23.9 Å². The van der Waals surface area contributed by atoms with Gasteiger partial charge in [0.2, 0.25) is 0 Å². The van der Waals surface area contributed by atoms with Crippen LogP contribution in [-0.4, -0.2) is 42.4 Å². The molecule has 1 aliphatic carbocycles. The Labute approximate surface area is 193 Å². The minimum absolute atomic E-state index is 0.264. The molecular formula is C26H28N2O5. The van der Waals surface area contributed by atoms with E-state index in [-0.39, 0.29) is 12.3 Å². The number of carbonyl (C=O) groups excluding carboxylic acids is 3. The van der Waals surface area contributed by atoms with E-state index >= 15 is 0 Å². The van der Waals surface area contributed by atoms with Crippen molar-refractivity contribution in [1.29, 1.82) is 0 Å². The molecule has 1 saturated heterocycles. The SMILES string of the molecule is C[C@@]1(c2ccc3c(c2)OCCO3)NC(=O)N(CC(=O)c2ccc(C3CCCCC3)cc2)C1=O. The molecule has 2 aromatic rings. The Morgan fingerprint density at radius 3 is 2.42 bits per heavy atom. The second-order valence-corrected chi connectivity index (χ2v) is 9.19. The Hall–Kier alpha value is -3.35. The fourth-order valence-corrected chi connectivity index (χ4v) is 5.00. The zero-order valence-electron chi connectivity index (χ0n) is 18.8. The van der Waals surface area contributed by atoms with E-state index in [9.17, 15) is 14.4 Å². The number of nitrogens with zero attached hydrogens (tertiary/aromatic N) is 1. The first-order chi connectivity index (χ1) is 16.0. The van der Waals surface area contributed by atoms with Crippen LogP contribution in [0.1, 0.15) is 66.4 Å². The Balaban J connectivity index is 1.30. The van der Waals surface area contributed by atoms with Gasteiger partial charge in [-0.3, -0.25) is 14.5 Å². The molecule has 1 N–H and O–H groups in total. The summed E-state index contributed by atoms with van der Waals surface area (Å²) in [4.78, 5) is 39.8. The molecule has 0 unspecified atom stereocenters. The molecule has 3 amide bonds. The van der Waals surface area contributed by atoms with Gasteiger partial charge in [0.1, 0.15) is 18.8 Å². The first-order valence-electron chi connectivity index (χ1n) is 11.6. The number of hydrogen-bond donors (Lipinski definition) is 1. The largest absolute Gasteiger partial charge is 0.486 e. The lowest BCUT2D eigenvalue weighted by Gasteiger charge is -2.25. The van der Waals surface area contributed by atoms with Crippen LogP contribution in [0.15, 0.2) is 42.5 Å². The van der Waals surface area contributed by atoms with Crippen molar-refractivity contribution in [1.82, 2.24) is 10.2 Å². The van der Waals surface area contributed by atoms with Gasteiger partial charge in [-0.1, -0.05) is 49.6 Å². The molecule has 0 aromatic heterocycles. The molecule has 33 heavy (non-hydrogen) atoms. The van der Waals surface area contributed by atoms with Crippen molar-refractivity contribution in [3.63, 3.8) is 0 Å². The third kappa shape index (κ3) is 3.96. The summed E-state index contributed by atoms with van der Waals surface area (Å²) < 4.78 is 11.2. The molecule has 7 heteroatoms. The van der Waals surface area contributed by atoms with Crippen LogP contribution in [-0.2, 0) is 10.3 Å². The van der Waals surface area contributed by atoms with Gasteiger partial charge in [0, 0.05) is 5.56 Å². The molecule has 2 heterocycles. The van der Waals surface area contributed by atoms with Gasteiger partial charge < -0.3 is 14.8 Å². The number of urea groups is 1. The first kappa shape index (κ1) is 21.5. The molecule has 2 fully saturated rings. The monoisotopic (exact) mass is 448 g/mol. The number of hydrogen-bond acceptors (Lipinski definition) is 5. The average Bonchev–Trinajstić information content (AvgIpc) is 3.08. The minimum atomic E-state index is -1.28. The molecule has 2 aliphatic heterocycles. The van der Waals surface area contributed by atoms with Gasteiger partial charge in [-0.2, -0.15) is 0 Å². The summed E-state index contributed by atoms with van der Waals surface area (Å²) in [5.41, 5.74) is 1.06. The third-order valence-corrected chi connectivity index (χ3v) is 7.01. The van der Waals surface area contributed by atoms with Crippen LogP contribution in [0.2, 0.25) is 0 Å². The maximum atomic E-state index is 13.3. The normalized spacial score (nSPS) is 22.9. The number of ketones is 1. The number of carbonyl (C=O) groups is 3. The molecule has 0 spiro atoms.